The van der Waals surface area contributed by atoms with Gasteiger partial charge in [-0.1, -0.05) is 26.0 Å². The van der Waals surface area contributed by atoms with Crippen LogP contribution >= 0.6 is 0 Å². The van der Waals surface area contributed by atoms with Crippen molar-refractivity contribution in [3.8, 4) is 0 Å². The maximum Gasteiger partial charge on any atom is 0.217 e. The van der Waals surface area contributed by atoms with Crippen LogP contribution in [0.15, 0.2) is 18.2 Å². The van der Waals surface area contributed by atoms with Crippen LogP contribution in [-0.4, -0.2) is 42.6 Å². The number of fused-ring (bicyclic) bond motifs is 1. The molecule has 2 rings (SSSR count). The van der Waals surface area contributed by atoms with E-state index in [2.05, 4.69) is 30.1 Å². The third-order valence-corrected chi connectivity index (χ3v) is 4.25. The second kappa shape index (κ2) is 8.08. The van der Waals surface area contributed by atoms with Crippen molar-refractivity contribution in [1.29, 1.82) is 0 Å². The zero-order valence-corrected chi connectivity index (χ0v) is 13.6. The van der Waals surface area contributed by atoms with Gasteiger partial charge >= 0.3 is 0 Å². The van der Waals surface area contributed by atoms with Crippen molar-refractivity contribution < 1.29 is 9.59 Å². The van der Waals surface area contributed by atoms with Gasteiger partial charge < -0.3 is 10.2 Å². The smallest absolute Gasteiger partial charge is 0.217 e. The number of carbonyl (C=O) groups is 2. The second-order valence-electron chi connectivity index (χ2n) is 5.96. The van der Waals surface area contributed by atoms with Crippen molar-refractivity contribution in [2.75, 3.05) is 25.0 Å². The molecule has 0 spiro atoms. The van der Waals surface area contributed by atoms with Gasteiger partial charge in [-0.25, -0.2) is 0 Å². The quantitative estimate of drug-likeness (QED) is 0.562. The Morgan fingerprint density at radius 2 is 2.00 bits per heavy atom. The molecule has 4 heteroatoms. The van der Waals surface area contributed by atoms with Crippen LogP contribution in [0.25, 0.3) is 0 Å². The van der Waals surface area contributed by atoms with Gasteiger partial charge in [-0.05, 0) is 49.5 Å². The van der Waals surface area contributed by atoms with E-state index in [1.807, 2.05) is 12.1 Å². The number of hydrogen-bond donors (Lipinski definition) is 1. The van der Waals surface area contributed by atoms with E-state index in [9.17, 15) is 9.59 Å². The molecule has 1 aromatic rings. The number of nitrogens with one attached hydrogen (secondary N) is 1. The summed E-state index contributed by atoms with van der Waals surface area (Å²) in [6, 6.07) is 5.78. The van der Waals surface area contributed by atoms with Crippen LogP contribution < -0.4 is 5.32 Å². The van der Waals surface area contributed by atoms with Crippen LogP contribution in [0, 0.1) is 0 Å². The zero-order chi connectivity index (χ0) is 15.9. The summed E-state index contributed by atoms with van der Waals surface area (Å²) in [7, 11) is 0. The minimum atomic E-state index is -0.379. The molecule has 0 aromatic heterocycles. The Labute approximate surface area is 132 Å². The van der Waals surface area contributed by atoms with Crippen LogP contribution in [0.3, 0.4) is 0 Å². The Morgan fingerprint density at radius 1 is 1.27 bits per heavy atom. The Morgan fingerprint density at radius 3 is 2.64 bits per heavy atom. The Kier molecular flexibility index (Phi) is 6.13. The molecule has 120 valence electrons. The van der Waals surface area contributed by atoms with Gasteiger partial charge in [0.2, 0.25) is 5.78 Å². The van der Waals surface area contributed by atoms with Crippen molar-refractivity contribution in [2.45, 2.75) is 45.6 Å². The fourth-order valence-corrected chi connectivity index (χ4v) is 3.19. The number of carbonyl (C=O) groups excluding carboxylic acids is 2. The molecule has 0 saturated heterocycles. The molecule has 4 nitrogen and oxygen atoms in total. The zero-order valence-electron chi connectivity index (χ0n) is 13.6. The Balaban J connectivity index is 2.04. The third kappa shape index (κ3) is 3.95. The van der Waals surface area contributed by atoms with E-state index in [-0.39, 0.29) is 11.8 Å². The molecule has 0 amide bonds. The number of benzene rings is 1. The maximum atomic E-state index is 11.6. The van der Waals surface area contributed by atoms with E-state index >= 15 is 0 Å². The second-order valence-corrected chi connectivity index (χ2v) is 5.96. The average Bonchev–Trinajstić information content (AvgIpc) is 2.97. The number of ketones is 1. The normalized spacial score (nSPS) is 16.4. The Hall–Kier alpha value is -1.68. The number of anilines is 1. The molecule has 0 aliphatic carbocycles. The van der Waals surface area contributed by atoms with Crippen LogP contribution in [-0.2, 0) is 22.4 Å². The van der Waals surface area contributed by atoms with E-state index in [4.69, 9.17) is 0 Å². The summed E-state index contributed by atoms with van der Waals surface area (Å²) < 4.78 is 0. The monoisotopic (exact) mass is 302 g/mol. The third-order valence-electron chi connectivity index (χ3n) is 4.25. The number of aldehydes is 1. The molecule has 1 N–H and O–H groups in total. The standard InChI is InChI=1S/C18H26N2O2/c1-3-9-20(10-4-2)11-8-14-6-5-7-16-15(14)12-17(19-16)18(22)13-21/h5-7,13,17,19H,3-4,8-12H2,1-2H3. The summed E-state index contributed by atoms with van der Waals surface area (Å²) in [5.74, 6) is -0.360. The molecule has 1 aliphatic heterocycles. The van der Waals surface area contributed by atoms with Gasteiger partial charge in [0.25, 0.3) is 0 Å². The summed E-state index contributed by atoms with van der Waals surface area (Å²) >= 11 is 0. The van der Waals surface area contributed by atoms with Crippen LogP contribution in [0.1, 0.15) is 37.8 Å². The molecular weight excluding hydrogens is 276 g/mol. The lowest BCUT2D eigenvalue weighted by Gasteiger charge is -2.21. The molecule has 0 saturated carbocycles. The number of rotatable bonds is 9. The summed E-state index contributed by atoms with van der Waals surface area (Å²) in [6.45, 7) is 7.73. The molecule has 1 heterocycles. The van der Waals surface area contributed by atoms with Gasteiger partial charge in [0, 0.05) is 18.7 Å². The SMILES string of the molecule is CCCN(CCC)CCc1cccc2c1CC(C(=O)C=O)N2. The van der Waals surface area contributed by atoms with Crippen molar-refractivity contribution >= 4 is 17.8 Å². The van der Waals surface area contributed by atoms with Gasteiger partial charge in [-0.2, -0.15) is 0 Å². The van der Waals surface area contributed by atoms with Gasteiger partial charge in [-0.3, -0.25) is 9.59 Å². The topological polar surface area (TPSA) is 49.4 Å². The first kappa shape index (κ1) is 16.7. The molecule has 1 unspecified atom stereocenters. The minimum absolute atomic E-state index is 0.360. The van der Waals surface area contributed by atoms with Crippen LogP contribution in [0.2, 0.25) is 0 Å². The fourth-order valence-electron chi connectivity index (χ4n) is 3.19. The fraction of sp³-hybridized carbons (Fsp3) is 0.556. The lowest BCUT2D eigenvalue weighted by Crippen LogP contribution is -2.28. The first-order valence-corrected chi connectivity index (χ1v) is 8.28. The summed E-state index contributed by atoms with van der Waals surface area (Å²) in [6.07, 6.45) is 4.39. The number of hydrogen-bond acceptors (Lipinski definition) is 4. The average molecular weight is 302 g/mol. The van der Waals surface area contributed by atoms with Crippen molar-refractivity contribution in [3.63, 3.8) is 0 Å². The van der Waals surface area contributed by atoms with Crippen LogP contribution in [0.4, 0.5) is 5.69 Å². The van der Waals surface area contributed by atoms with Gasteiger partial charge in [-0.15, -0.1) is 0 Å². The van der Waals surface area contributed by atoms with Gasteiger partial charge in [0.15, 0.2) is 6.29 Å². The van der Waals surface area contributed by atoms with E-state index < -0.39 is 0 Å². The molecule has 0 bridgehead atoms. The first-order valence-electron chi connectivity index (χ1n) is 8.28. The molecule has 22 heavy (non-hydrogen) atoms. The lowest BCUT2D eigenvalue weighted by atomic mass is 9.99. The molecule has 1 aromatic carbocycles. The summed E-state index contributed by atoms with van der Waals surface area (Å²) in [5.41, 5.74) is 3.51. The molecular formula is C18H26N2O2. The van der Waals surface area contributed by atoms with E-state index in [0.29, 0.717) is 12.7 Å². The van der Waals surface area contributed by atoms with Crippen LogP contribution in [0.5, 0.6) is 0 Å². The highest BCUT2D eigenvalue weighted by Crippen LogP contribution is 2.29. The van der Waals surface area contributed by atoms with Gasteiger partial charge in [0.05, 0.1) is 6.04 Å². The Bertz CT molecular complexity index is 522. The van der Waals surface area contributed by atoms with Crippen molar-refractivity contribution in [1.82, 2.24) is 4.90 Å². The highest BCUT2D eigenvalue weighted by Gasteiger charge is 2.27. The molecule has 0 fully saturated rings. The predicted molar refractivity (Wildman–Crippen MR) is 89.4 cm³/mol. The van der Waals surface area contributed by atoms with Gasteiger partial charge in [0.1, 0.15) is 0 Å². The molecule has 1 aliphatic rings. The highest BCUT2D eigenvalue weighted by molar-refractivity contribution is 6.28. The maximum absolute atomic E-state index is 11.6. The largest absolute Gasteiger partial charge is 0.374 e. The highest BCUT2D eigenvalue weighted by atomic mass is 16.2. The molecule has 0 radical (unpaired) electrons. The molecule has 1 atom stereocenters. The number of Topliss-reactive ketones (excluding diaryl/α,β-unsaturated/α-hetero) is 1. The number of nitrogens with zero attached hydrogens (tertiary/aromatic N) is 1. The predicted octanol–water partition coefficient (Wildman–Crippen LogP) is 2.46. The summed E-state index contributed by atoms with van der Waals surface area (Å²) in [5, 5.41) is 3.17. The van der Waals surface area contributed by atoms with Crippen molar-refractivity contribution in [3.05, 3.63) is 29.3 Å². The first-order chi connectivity index (χ1) is 10.7. The van der Waals surface area contributed by atoms with Crippen molar-refractivity contribution in [2.24, 2.45) is 0 Å². The van der Waals surface area contributed by atoms with E-state index in [0.717, 1.165) is 31.7 Å². The lowest BCUT2D eigenvalue weighted by molar-refractivity contribution is -0.130. The van der Waals surface area contributed by atoms with E-state index in [1.165, 1.54) is 24.0 Å². The summed E-state index contributed by atoms with van der Waals surface area (Å²) in [4.78, 5) is 24.8. The van der Waals surface area contributed by atoms with E-state index in [1.54, 1.807) is 0 Å². The minimum Gasteiger partial charge on any atom is -0.374 e.